The van der Waals surface area contributed by atoms with Crippen molar-refractivity contribution in [1.82, 2.24) is 4.90 Å². The number of nitro groups is 1. The van der Waals surface area contributed by atoms with Gasteiger partial charge in [-0.25, -0.2) is 0 Å². The van der Waals surface area contributed by atoms with Crippen LogP contribution in [0.1, 0.15) is 23.2 Å². The first-order valence-corrected chi connectivity index (χ1v) is 5.87. The molecular weight excluding hydrogens is 270 g/mol. The molecule has 1 heterocycles. The average Bonchev–Trinajstić information content (AvgIpc) is 2.38. The minimum Gasteiger partial charge on any atom is -0.337 e. The lowest BCUT2D eigenvalue weighted by Gasteiger charge is -2.30. The third-order valence-corrected chi connectivity index (χ3v) is 3.05. The number of nitrogens with zero attached hydrogens (tertiary/aromatic N) is 2. The third-order valence-electron chi connectivity index (χ3n) is 3.05. The molecule has 0 radical (unpaired) electrons. The number of benzene rings is 1. The fraction of sp³-hybridized carbons (Fsp3) is 0.417. The summed E-state index contributed by atoms with van der Waals surface area (Å²) in [5, 5.41) is 10.7. The highest BCUT2D eigenvalue weighted by molar-refractivity contribution is 5.94. The number of piperidine rings is 1. The lowest BCUT2D eigenvalue weighted by atomic mass is 10.1. The van der Waals surface area contributed by atoms with E-state index in [1.54, 1.807) is 11.0 Å². The summed E-state index contributed by atoms with van der Waals surface area (Å²) in [6.45, 7) is 1.18. The molecular formula is C12H16ClN3O3. The SMILES string of the molecule is Cl.N[C@@H]1CCCN(C(=O)c2cccc([N+](=O)[O-])c2)C1. The Morgan fingerprint density at radius 1 is 1.47 bits per heavy atom. The number of nitrogens with two attached hydrogens (primary N) is 1. The average molecular weight is 286 g/mol. The van der Waals surface area contributed by atoms with E-state index in [9.17, 15) is 14.9 Å². The molecule has 6 nitrogen and oxygen atoms in total. The second kappa shape index (κ2) is 6.49. The Kier molecular flexibility index (Phi) is 5.26. The fourth-order valence-electron chi connectivity index (χ4n) is 2.13. The maximum atomic E-state index is 12.2. The Morgan fingerprint density at radius 3 is 2.84 bits per heavy atom. The summed E-state index contributed by atoms with van der Waals surface area (Å²) >= 11 is 0. The van der Waals surface area contributed by atoms with E-state index >= 15 is 0 Å². The molecule has 1 amide bonds. The van der Waals surface area contributed by atoms with Crippen molar-refractivity contribution in [1.29, 1.82) is 0 Å². The Bertz CT molecular complexity index is 481. The monoisotopic (exact) mass is 285 g/mol. The topological polar surface area (TPSA) is 89.5 Å². The Morgan fingerprint density at radius 2 is 2.21 bits per heavy atom. The van der Waals surface area contributed by atoms with Gasteiger partial charge in [0.2, 0.25) is 0 Å². The number of non-ortho nitro benzene ring substituents is 1. The van der Waals surface area contributed by atoms with Gasteiger partial charge < -0.3 is 10.6 Å². The van der Waals surface area contributed by atoms with Gasteiger partial charge in [-0.1, -0.05) is 6.07 Å². The van der Waals surface area contributed by atoms with Crippen LogP contribution in [0.5, 0.6) is 0 Å². The number of hydrogen-bond acceptors (Lipinski definition) is 4. The van der Waals surface area contributed by atoms with Crippen molar-refractivity contribution in [3.63, 3.8) is 0 Å². The number of hydrogen-bond donors (Lipinski definition) is 1. The molecule has 1 aromatic carbocycles. The highest BCUT2D eigenvalue weighted by atomic mass is 35.5. The molecule has 0 bridgehead atoms. The molecule has 7 heteroatoms. The molecule has 0 aromatic heterocycles. The summed E-state index contributed by atoms with van der Waals surface area (Å²) in [5.41, 5.74) is 6.10. The maximum absolute atomic E-state index is 12.2. The zero-order chi connectivity index (χ0) is 13.1. The molecule has 0 unspecified atom stereocenters. The first-order chi connectivity index (χ1) is 8.58. The van der Waals surface area contributed by atoms with E-state index < -0.39 is 4.92 Å². The zero-order valence-corrected chi connectivity index (χ0v) is 11.1. The van der Waals surface area contributed by atoms with Crippen LogP contribution in [-0.2, 0) is 0 Å². The largest absolute Gasteiger partial charge is 0.337 e. The standard InChI is InChI=1S/C12H15N3O3.ClH/c13-10-4-2-6-14(8-10)12(16)9-3-1-5-11(7-9)15(17)18;/h1,3,5,7,10H,2,4,6,8,13H2;1H/t10-;/m1./s1. The molecule has 1 aliphatic heterocycles. The number of rotatable bonds is 2. The van der Waals surface area contributed by atoms with Crippen molar-refractivity contribution >= 4 is 24.0 Å². The van der Waals surface area contributed by atoms with Gasteiger partial charge >= 0.3 is 0 Å². The van der Waals surface area contributed by atoms with E-state index in [0.29, 0.717) is 18.7 Å². The van der Waals surface area contributed by atoms with Crippen LogP contribution in [0.2, 0.25) is 0 Å². The molecule has 1 aliphatic rings. The predicted molar refractivity (Wildman–Crippen MR) is 73.5 cm³/mol. The van der Waals surface area contributed by atoms with Gasteiger partial charge in [-0.15, -0.1) is 12.4 Å². The van der Waals surface area contributed by atoms with Crippen LogP contribution in [-0.4, -0.2) is 34.9 Å². The lowest BCUT2D eigenvalue weighted by Crippen LogP contribution is -2.45. The van der Waals surface area contributed by atoms with Crippen LogP contribution in [0.3, 0.4) is 0 Å². The van der Waals surface area contributed by atoms with Crippen LogP contribution in [0.4, 0.5) is 5.69 Å². The van der Waals surface area contributed by atoms with Gasteiger partial charge in [-0.3, -0.25) is 14.9 Å². The summed E-state index contributed by atoms with van der Waals surface area (Å²) in [5.74, 6) is -0.186. The van der Waals surface area contributed by atoms with E-state index in [-0.39, 0.29) is 30.0 Å². The molecule has 1 saturated heterocycles. The van der Waals surface area contributed by atoms with Gasteiger partial charge in [-0.2, -0.15) is 0 Å². The van der Waals surface area contributed by atoms with Crippen molar-refractivity contribution in [2.45, 2.75) is 18.9 Å². The van der Waals surface area contributed by atoms with Gasteiger partial charge in [0.1, 0.15) is 0 Å². The van der Waals surface area contributed by atoms with Gasteiger partial charge in [0.05, 0.1) is 4.92 Å². The van der Waals surface area contributed by atoms with Crippen LogP contribution in [0.25, 0.3) is 0 Å². The number of carbonyl (C=O) groups is 1. The van der Waals surface area contributed by atoms with E-state index in [0.717, 1.165) is 12.8 Å². The number of likely N-dealkylation sites (tertiary alicyclic amines) is 1. The maximum Gasteiger partial charge on any atom is 0.270 e. The minimum atomic E-state index is -0.501. The first kappa shape index (κ1) is 15.4. The van der Waals surface area contributed by atoms with Crippen molar-refractivity contribution < 1.29 is 9.72 Å². The van der Waals surface area contributed by atoms with Gasteiger partial charge in [0, 0.05) is 36.8 Å². The lowest BCUT2D eigenvalue weighted by molar-refractivity contribution is -0.384. The van der Waals surface area contributed by atoms with Gasteiger partial charge in [-0.05, 0) is 18.9 Å². The predicted octanol–water partition coefficient (Wildman–Crippen LogP) is 1.58. The van der Waals surface area contributed by atoms with E-state index in [2.05, 4.69) is 0 Å². The van der Waals surface area contributed by atoms with Crippen molar-refractivity contribution in [2.24, 2.45) is 5.73 Å². The summed E-state index contributed by atoms with van der Waals surface area (Å²) in [4.78, 5) is 24.0. The minimum absolute atomic E-state index is 0. The zero-order valence-electron chi connectivity index (χ0n) is 10.3. The second-order valence-electron chi connectivity index (χ2n) is 4.46. The molecule has 2 rings (SSSR count). The fourth-order valence-corrected chi connectivity index (χ4v) is 2.13. The summed E-state index contributed by atoms with van der Waals surface area (Å²) in [6, 6.07) is 5.80. The number of amides is 1. The van der Waals surface area contributed by atoms with Crippen molar-refractivity contribution in [3.8, 4) is 0 Å². The highest BCUT2D eigenvalue weighted by Gasteiger charge is 2.23. The molecule has 1 fully saturated rings. The summed E-state index contributed by atoms with van der Waals surface area (Å²) in [7, 11) is 0. The van der Waals surface area contributed by atoms with E-state index in [4.69, 9.17) is 5.73 Å². The number of halogens is 1. The molecule has 1 atom stereocenters. The van der Waals surface area contributed by atoms with Crippen molar-refractivity contribution in [2.75, 3.05) is 13.1 Å². The van der Waals surface area contributed by atoms with Crippen LogP contribution in [0.15, 0.2) is 24.3 Å². The normalized spacial score (nSPS) is 18.6. The second-order valence-corrected chi connectivity index (χ2v) is 4.46. The molecule has 0 aliphatic carbocycles. The van der Waals surface area contributed by atoms with E-state index in [1.165, 1.54) is 18.2 Å². The van der Waals surface area contributed by atoms with Crippen LogP contribution >= 0.6 is 12.4 Å². The van der Waals surface area contributed by atoms with Crippen LogP contribution in [0, 0.1) is 10.1 Å². The number of nitro benzene ring substituents is 1. The molecule has 0 saturated carbocycles. The third kappa shape index (κ3) is 3.65. The van der Waals surface area contributed by atoms with Crippen LogP contribution < -0.4 is 5.73 Å². The highest BCUT2D eigenvalue weighted by Crippen LogP contribution is 2.17. The van der Waals surface area contributed by atoms with E-state index in [1.807, 2.05) is 0 Å². The molecule has 19 heavy (non-hydrogen) atoms. The summed E-state index contributed by atoms with van der Waals surface area (Å²) in [6.07, 6.45) is 1.79. The van der Waals surface area contributed by atoms with Crippen molar-refractivity contribution in [3.05, 3.63) is 39.9 Å². The quantitative estimate of drug-likeness (QED) is 0.660. The molecule has 1 aromatic rings. The molecule has 2 N–H and O–H groups in total. The number of carbonyl (C=O) groups excluding carboxylic acids is 1. The Labute approximate surface area is 117 Å². The van der Waals surface area contributed by atoms with Gasteiger partial charge in [0.15, 0.2) is 0 Å². The van der Waals surface area contributed by atoms with Gasteiger partial charge in [0.25, 0.3) is 11.6 Å². The molecule has 0 spiro atoms. The summed E-state index contributed by atoms with van der Waals surface area (Å²) < 4.78 is 0. The first-order valence-electron chi connectivity index (χ1n) is 5.87. The molecule has 104 valence electrons. The Hall–Kier alpha value is -1.66. The smallest absolute Gasteiger partial charge is 0.270 e. The Balaban J connectivity index is 0.00000180.